The Bertz CT molecular complexity index is 444. The molecule has 17 heavy (non-hydrogen) atoms. The van der Waals surface area contributed by atoms with Crippen LogP contribution in [0.5, 0.6) is 0 Å². The molecule has 0 aliphatic heterocycles. The molecule has 6 nitrogen and oxygen atoms in total. The van der Waals surface area contributed by atoms with E-state index in [1.54, 1.807) is 12.1 Å². The number of nitro groups is 1. The predicted molar refractivity (Wildman–Crippen MR) is 64.8 cm³/mol. The van der Waals surface area contributed by atoms with Crippen molar-refractivity contribution in [1.29, 1.82) is 0 Å². The van der Waals surface area contributed by atoms with E-state index in [0.29, 0.717) is 6.54 Å². The van der Waals surface area contributed by atoms with Gasteiger partial charge < -0.3 is 16.2 Å². The lowest BCUT2D eigenvalue weighted by Crippen LogP contribution is -2.19. The molecule has 1 fully saturated rings. The molecule has 4 N–H and O–H groups in total. The predicted octanol–water partition coefficient (Wildman–Crippen LogP) is 1.36. The van der Waals surface area contributed by atoms with Crippen LogP contribution in [0.4, 0.5) is 17.1 Å². The molecule has 1 aliphatic carbocycles. The van der Waals surface area contributed by atoms with Gasteiger partial charge in [0, 0.05) is 23.7 Å². The number of aliphatic hydroxyl groups excluding tert-OH is 1. The van der Waals surface area contributed by atoms with Crippen LogP contribution in [0.2, 0.25) is 0 Å². The van der Waals surface area contributed by atoms with Crippen molar-refractivity contribution in [2.24, 2.45) is 5.41 Å². The van der Waals surface area contributed by atoms with Crippen LogP contribution >= 0.6 is 0 Å². The fourth-order valence-corrected chi connectivity index (χ4v) is 1.69. The van der Waals surface area contributed by atoms with Crippen molar-refractivity contribution < 1.29 is 10.0 Å². The number of nitrogen functional groups attached to an aromatic ring is 1. The highest BCUT2D eigenvalue weighted by atomic mass is 16.6. The minimum atomic E-state index is -0.505. The lowest BCUT2D eigenvalue weighted by atomic mass is 10.1. The number of hydrogen-bond acceptors (Lipinski definition) is 5. The number of nitrogens with two attached hydrogens (primary N) is 1. The van der Waals surface area contributed by atoms with Crippen LogP contribution < -0.4 is 11.1 Å². The Morgan fingerprint density at radius 3 is 2.71 bits per heavy atom. The normalized spacial score (nSPS) is 16.5. The SMILES string of the molecule is Nc1cc(NCC2(CO)CC2)ccc1[N+](=O)[O-]. The molecule has 0 amide bonds. The van der Waals surface area contributed by atoms with Gasteiger partial charge in [-0.15, -0.1) is 0 Å². The zero-order chi connectivity index (χ0) is 12.5. The first-order valence-electron chi connectivity index (χ1n) is 5.45. The first kappa shape index (κ1) is 11.7. The Morgan fingerprint density at radius 2 is 2.24 bits per heavy atom. The standard InChI is InChI=1S/C11H15N3O3/c12-9-5-8(1-2-10(9)14(16)17)13-6-11(7-15)3-4-11/h1-2,5,13,15H,3-4,6-7,12H2. The van der Waals surface area contributed by atoms with Crippen molar-refractivity contribution in [2.75, 3.05) is 24.2 Å². The first-order chi connectivity index (χ1) is 8.06. The van der Waals surface area contributed by atoms with Crippen molar-refractivity contribution in [2.45, 2.75) is 12.8 Å². The van der Waals surface area contributed by atoms with E-state index >= 15 is 0 Å². The fourth-order valence-electron chi connectivity index (χ4n) is 1.69. The van der Waals surface area contributed by atoms with Crippen LogP contribution in [0.3, 0.4) is 0 Å². The first-order valence-corrected chi connectivity index (χ1v) is 5.45. The average molecular weight is 237 g/mol. The molecule has 92 valence electrons. The number of anilines is 2. The van der Waals surface area contributed by atoms with Gasteiger partial charge in [0.05, 0.1) is 11.5 Å². The van der Waals surface area contributed by atoms with Crippen molar-refractivity contribution in [3.63, 3.8) is 0 Å². The average Bonchev–Trinajstić information content (AvgIpc) is 3.07. The zero-order valence-electron chi connectivity index (χ0n) is 9.35. The third-order valence-electron chi connectivity index (χ3n) is 3.18. The Morgan fingerprint density at radius 1 is 1.53 bits per heavy atom. The van der Waals surface area contributed by atoms with E-state index in [9.17, 15) is 10.1 Å². The van der Waals surface area contributed by atoms with Crippen LogP contribution in [-0.4, -0.2) is 23.2 Å². The second-order valence-corrected chi connectivity index (χ2v) is 4.54. The monoisotopic (exact) mass is 237 g/mol. The maximum absolute atomic E-state index is 10.6. The summed E-state index contributed by atoms with van der Waals surface area (Å²) < 4.78 is 0. The van der Waals surface area contributed by atoms with E-state index < -0.39 is 4.92 Å². The Hall–Kier alpha value is -1.82. The van der Waals surface area contributed by atoms with Crippen molar-refractivity contribution in [3.05, 3.63) is 28.3 Å². The second kappa shape index (κ2) is 4.21. The number of nitrogens with zero attached hydrogens (tertiary/aromatic N) is 1. The number of nitrogens with one attached hydrogen (secondary N) is 1. The van der Waals surface area contributed by atoms with E-state index in [0.717, 1.165) is 18.5 Å². The molecule has 0 radical (unpaired) electrons. The molecule has 0 aromatic heterocycles. The summed E-state index contributed by atoms with van der Waals surface area (Å²) in [6, 6.07) is 4.56. The van der Waals surface area contributed by atoms with Gasteiger partial charge in [-0.25, -0.2) is 0 Å². The summed E-state index contributed by atoms with van der Waals surface area (Å²) in [6.45, 7) is 0.837. The highest BCUT2D eigenvalue weighted by Gasteiger charge is 2.41. The molecule has 6 heteroatoms. The topological polar surface area (TPSA) is 101 Å². The lowest BCUT2D eigenvalue weighted by Gasteiger charge is -2.14. The van der Waals surface area contributed by atoms with E-state index in [1.807, 2.05) is 0 Å². The van der Waals surface area contributed by atoms with Crippen molar-refractivity contribution >= 4 is 17.1 Å². The molecule has 0 unspecified atom stereocenters. The van der Waals surface area contributed by atoms with Gasteiger partial charge in [0.25, 0.3) is 5.69 Å². The number of nitro benzene ring substituents is 1. The summed E-state index contributed by atoms with van der Waals surface area (Å²) >= 11 is 0. The zero-order valence-corrected chi connectivity index (χ0v) is 9.35. The highest BCUT2D eigenvalue weighted by molar-refractivity contribution is 5.65. The molecule has 0 bridgehead atoms. The maximum Gasteiger partial charge on any atom is 0.292 e. The second-order valence-electron chi connectivity index (χ2n) is 4.54. The summed E-state index contributed by atoms with van der Waals surface area (Å²) in [7, 11) is 0. The Balaban J connectivity index is 2.03. The van der Waals surface area contributed by atoms with E-state index in [-0.39, 0.29) is 23.4 Å². The number of aliphatic hydroxyl groups is 1. The van der Waals surface area contributed by atoms with Gasteiger partial charge in [-0.05, 0) is 25.0 Å². The molecule has 0 saturated heterocycles. The van der Waals surface area contributed by atoms with Gasteiger partial charge >= 0.3 is 0 Å². The number of benzene rings is 1. The smallest absolute Gasteiger partial charge is 0.292 e. The van der Waals surface area contributed by atoms with Gasteiger partial charge in [-0.2, -0.15) is 0 Å². The summed E-state index contributed by atoms with van der Waals surface area (Å²) in [6.07, 6.45) is 2.03. The molecule has 1 aromatic rings. The molecule has 0 spiro atoms. The largest absolute Gasteiger partial charge is 0.396 e. The van der Waals surface area contributed by atoms with Crippen molar-refractivity contribution in [1.82, 2.24) is 0 Å². The van der Waals surface area contributed by atoms with E-state index in [2.05, 4.69) is 5.32 Å². The number of hydrogen-bond donors (Lipinski definition) is 3. The van der Waals surface area contributed by atoms with Crippen LogP contribution in [0.1, 0.15) is 12.8 Å². The third-order valence-corrected chi connectivity index (χ3v) is 3.18. The minimum absolute atomic E-state index is 0.00344. The fraction of sp³-hybridized carbons (Fsp3) is 0.455. The Kier molecular flexibility index (Phi) is 2.89. The molecule has 1 aliphatic rings. The van der Waals surface area contributed by atoms with Gasteiger partial charge in [0.1, 0.15) is 5.69 Å². The maximum atomic E-state index is 10.6. The minimum Gasteiger partial charge on any atom is -0.396 e. The lowest BCUT2D eigenvalue weighted by molar-refractivity contribution is -0.383. The molecule has 2 rings (SSSR count). The van der Waals surface area contributed by atoms with Crippen LogP contribution in [0.15, 0.2) is 18.2 Å². The van der Waals surface area contributed by atoms with Gasteiger partial charge in [0.2, 0.25) is 0 Å². The van der Waals surface area contributed by atoms with E-state index in [1.165, 1.54) is 6.07 Å². The quantitative estimate of drug-likeness (QED) is 0.407. The summed E-state index contributed by atoms with van der Waals surface area (Å²) in [4.78, 5) is 10.1. The van der Waals surface area contributed by atoms with Crippen LogP contribution in [-0.2, 0) is 0 Å². The highest BCUT2D eigenvalue weighted by Crippen LogP contribution is 2.45. The van der Waals surface area contributed by atoms with Gasteiger partial charge in [0.15, 0.2) is 0 Å². The van der Waals surface area contributed by atoms with Crippen molar-refractivity contribution in [3.8, 4) is 0 Å². The molecule has 0 atom stereocenters. The van der Waals surface area contributed by atoms with Gasteiger partial charge in [-0.3, -0.25) is 10.1 Å². The summed E-state index contributed by atoms with van der Waals surface area (Å²) in [5.41, 5.74) is 6.38. The molecule has 0 heterocycles. The molecule has 1 saturated carbocycles. The molecular formula is C11H15N3O3. The molecule has 1 aromatic carbocycles. The van der Waals surface area contributed by atoms with Crippen LogP contribution in [0, 0.1) is 15.5 Å². The van der Waals surface area contributed by atoms with Crippen LogP contribution in [0.25, 0.3) is 0 Å². The third kappa shape index (κ3) is 2.47. The molecular weight excluding hydrogens is 222 g/mol. The summed E-state index contributed by atoms with van der Waals surface area (Å²) in [5, 5.41) is 22.9. The Labute approximate surface area is 98.6 Å². The number of rotatable bonds is 5. The van der Waals surface area contributed by atoms with E-state index in [4.69, 9.17) is 10.8 Å². The summed E-state index contributed by atoms with van der Waals surface area (Å²) in [5.74, 6) is 0. The van der Waals surface area contributed by atoms with Gasteiger partial charge in [-0.1, -0.05) is 0 Å².